The van der Waals surface area contributed by atoms with Gasteiger partial charge >= 0.3 is 5.97 Å². The Hall–Kier alpha value is -2.37. The zero-order valence-corrected chi connectivity index (χ0v) is 8.67. The Morgan fingerprint density at radius 3 is 2.59 bits per heavy atom. The van der Waals surface area contributed by atoms with E-state index in [0.717, 1.165) is 10.9 Å². The van der Waals surface area contributed by atoms with E-state index in [2.05, 4.69) is 5.10 Å². The molecule has 1 heterocycles. The topological polar surface area (TPSA) is 75.3 Å². The van der Waals surface area contributed by atoms with E-state index < -0.39 is 5.97 Å². The van der Waals surface area contributed by atoms with Gasteiger partial charge in [0.1, 0.15) is 5.82 Å². The van der Waals surface area contributed by atoms with E-state index in [1.54, 1.807) is 0 Å². The van der Waals surface area contributed by atoms with Crippen molar-refractivity contribution in [1.29, 1.82) is 0 Å². The van der Waals surface area contributed by atoms with Gasteiger partial charge in [0.15, 0.2) is 11.4 Å². The van der Waals surface area contributed by atoms with Crippen LogP contribution in [0.4, 0.5) is 4.39 Å². The number of aromatic nitrogens is 2. The molecule has 5 nitrogen and oxygen atoms in total. The zero-order valence-electron chi connectivity index (χ0n) is 8.67. The van der Waals surface area contributed by atoms with Crippen LogP contribution in [0.5, 0.6) is 5.75 Å². The molecule has 0 saturated heterocycles. The number of aromatic carboxylic acids is 1. The zero-order chi connectivity index (χ0) is 12.4. The van der Waals surface area contributed by atoms with Crippen molar-refractivity contribution in [3.05, 3.63) is 47.5 Å². The Morgan fingerprint density at radius 2 is 2.00 bits per heavy atom. The fourth-order valence-electron chi connectivity index (χ4n) is 1.48. The Balaban J connectivity index is 2.30. The van der Waals surface area contributed by atoms with Crippen molar-refractivity contribution in [2.75, 3.05) is 0 Å². The molecule has 0 atom stereocenters. The summed E-state index contributed by atoms with van der Waals surface area (Å²) in [6.45, 7) is 0.155. The van der Waals surface area contributed by atoms with Gasteiger partial charge in [-0.15, -0.1) is 0 Å². The van der Waals surface area contributed by atoms with E-state index in [-0.39, 0.29) is 23.8 Å². The lowest BCUT2D eigenvalue weighted by Gasteiger charge is -2.04. The summed E-state index contributed by atoms with van der Waals surface area (Å²) in [6, 6.07) is 5.61. The first kappa shape index (κ1) is 11.1. The third-order valence-electron chi connectivity index (χ3n) is 2.27. The molecule has 0 aliphatic carbocycles. The molecule has 0 aliphatic heterocycles. The minimum Gasteiger partial charge on any atom is -0.504 e. The molecular weight excluding hydrogens is 227 g/mol. The van der Waals surface area contributed by atoms with Gasteiger partial charge < -0.3 is 10.2 Å². The van der Waals surface area contributed by atoms with Crippen molar-refractivity contribution < 1.29 is 19.4 Å². The van der Waals surface area contributed by atoms with Crippen molar-refractivity contribution in [3.8, 4) is 5.75 Å². The van der Waals surface area contributed by atoms with Crippen LogP contribution in [0.1, 0.15) is 16.1 Å². The first-order chi connectivity index (χ1) is 8.08. The molecule has 6 heteroatoms. The van der Waals surface area contributed by atoms with Crippen LogP contribution in [-0.4, -0.2) is 26.0 Å². The second kappa shape index (κ2) is 4.25. The summed E-state index contributed by atoms with van der Waals surface area (Å²) in [5, 5.41) is 21.9. The molecule has 1 aromatic carbocycles. The summed E-state index contributed by atoms with van der Waals surface area (Å²) in [6.07, 6.45) is 1.06. The van der Waals surface area contributed by atoms with Crippen molar-refractivity contribution in [1.82, 2.24) is 9.78 Å². The minimum absolute atomic E-state index is 0.155. The Morgan fingerprint density at radius 1 is 1.35 bits per heavy atom. The van der Waals surface area contributed by atoms with Crippen LogP contribution in [0.25, 0.3) is 0 Å². The van der Waals surface area contributed by atoms with Gasteiger partial charge in [-0.25, -0.2) is 9.18 Å². The Bertz CT molecular complexity index is 548. The molecule has 0 bridgehead atoms. The largest absolute Gasteiger partial charge is 0.504 e. The van der Waals surface area contributed by atoms with E-state index in [1.165, 1.54) is 24.3 Å². The van der Waals surface area contributed by atoms with Crippen molar-refractivity contribution in [2.24, 2.45) is 0 Å². The van der Waals surface area contributed by atoms with E-state index in [4.69, 9.17) is 5.11 Å². The van der Waals surface area contributed by atoms with E-state index >= 15 is 0 Å². The minimum atomic E-state index is -1.26. The standard InChI is InChI=1S/C11H9FN2O3/c12-8-3-1-7(2-4-8)6-14-10(11(16)17)9(15)5-13-14/h1-5,15H,6H2,(H,16,17). The van der Waals surface area contributed by atoms with Gasteiger partial charge in [-0.05, 0) is 17.7 Å². The number of nitrogens with zero attached hydrogens (tertiary/aromatic N) is 2. The highest BCUT2D eigenvalue weighted by atomic mass is 19.1. The van der Waals surface area contributed by atoms with E-state index in [0.29, 0.717) is 5.56 Å². The van der Waals surface area contributed by atoms with Gasteiger partial charge in [0.25, 0.3) is 0 Å². The van der Waals surface area contributed by atoms with Gasteiger partial charge in [-0.2, -0.15) is 5.10 Å². The maximum Gasteiger partial charge on any atom is 0.358 e. The van der Waals surface area contributed by atoms with Crippen LogP contribution in [0.3, 0.4) is 0 Å². The predicted molar refractivity (Wildman–Crippen MR) is 56.4 cm³/mol. The van der Waals surface area contributed by atoms with Gasteiger partial charge in [0, 0.05) is 0 Å². The molecule has 2 aromatic rings. The van der Waals surface area contributed by atoms with Gasteiger partial charge in [-0.1, -0.05) is 12.1 Å². The second-order valence-corrected chi connectivity index (χ2v) is 3.47. The van der Waals surface area contributed by atoms with Gasteiger partial charge in [0.05, 0.1) is 12.7 Å². The maximum absolute atomic E-state index is 12.7. The third kappa shape index (κ3) is 2.25. The molecule has 0 radical (unpaired) electrons. The number of hydrogen-bond donors (Lipinski definition) is 2. The normalized spacial score (nSPS) is 10.4. The molecular formula is C11H9FN2O3. The number of carbonyl (C=O) groups is 1. The highest BCUT2D eigenvalue weighted by Crippen LogP contribution is 2.17. The lowest BCUT2D eigenvalue weighted by atomic mass is 10.2. The summed E-state index contributed by atoms with van der Waals surface area (Å²) >= 11 is 0. The molecule has 2 rings (SSSR count). The fraction of sp³-hybridized carbons (Fsp3) is 0.0909. The highest BCUT2D eigenvalue weighted by molar-refractivity contribution is 5.88. The molecule has 0 unspecified atom stereocenters. The van der Waals surface area contributed by atoms with E-state index in [1.807, 2.05) is 0 Å². The average molecular weight is 236 g/mol. The summed E-state index contributed by atoms with van der Waals surface area (Å²) in [7, 11) is 0. The smallest absolute Gasteiger partial charge is 0.358 e. The third-order valence-corrected chi connectivity index (χ3v) is 2.27. The molecule has 1 aromatic heterocycles. The summed E-state index contributed by atoms with van der Waals surface area (Å²) < 4.78 is 13.8. The molecule has 0 aliphatic rings. The molecule has 0 saturated carbocycles. The summed E-state index contributed by atoms with van der Waals surface area (Å²) in [5.41, 5.74) is 0.409. The molecule has 17 heavy (non-hydrogen) atoms. The fourth-order valence-corrected chi connectivity index (χ4v) is 1.48. The SMILES string of the molecule is O=C(O)c1c(O)cnn1Cc1ccc(F)cc1. The Kier molecular flexibility index (Phi) is 2.78. The van der Waals surface area contributed by atoms with Crippen LogP contribution in [0.2, 0.25) is 0 Å². The molecule has 2 N–H and O–H groups in total. The number of halogens is 1. The number of carboxylic acid groups (broad SMARTS) is 1. The van der Waals surface area contributed by atoms with Crippen molar-refractivity contribution in [2.45, 2.75) is 6.54 Å². The van der Waals surface area contributed by atoms with Crippen molar-refractivity contribution >= 4 is 5.97 Å². The van der Waals surface area contributed by atoms with Crippen molar-refractivity contribution in [3.63, 3.8) is 0 Å². The molecule has 0 spiro atoms. The summed E-state index contributed by atoms with van der Waals surface area (Å²) in [5.74, 6) is -2.02. The lowest BCUT2D eigenvalue weighted by Crippen LogP contribution is -2.11. The first-order valence-corrected chi connectivity index (χ1v) is 4.80. The van der Waals surface area contributed by atoms with Gasteiger partial charge in [0.2, 0.25) is 0 Å². The number of rotatable bonds is 3. The molecule has 88 valence electrons. The van der Waals surface area contributed by atoms with Crippen LogP contribution in [-0.2, 0) is 6.54 Å². The van der Waals surface area contributed by atoms with Crippen LogP contribution in [0.15, 0.2) is 30.5 Å². The highest BCUT2D eigenvalue weighted by Gasteiger charge is 2.17. The number of carboxylic acids is 1. The molecule has 0 fully saturated rings. The lowest BCUT2D eigenvalue weighted by molar-refractivity contribution is 0.0680. The quantitative estimate of drug-likeness (QED) is 0.846. The molecule has 0 amide bonds. The monoisotopic (exact) mass is 236 g/mol. The average Bonchev–Trinajstić information content (AvgIpc) is 2.63. The van der Waals surface area contributed by atoms with E-state index in [9.17, 15) is 14.3 Å². The number of aromatic hydroxyl groups is 1. The second-order valence-electron chi connectivity index (χ2n) is 3.47. The number of benzene rings is 1. The van der Waals surface area contributed by atoms with Crippen LogP contribution >= 0.6 is 0 Å². The van der Waals surface area contributed by atoms with Crippen LogP contribution < -0.4 is 0 Å². The Labute approximate surface area is 95.7 Å². The van der Waals surface area contributed by atoms with Crippen LogP contribution in [0, 0.1) is 5.82 Å². The maximum atomic E-state index is 12.7. The number of hydrogen-bond acceptors (Lipinski definition) is 3. The predicted octanol–water partition coefficient (Wildman–Crippen LogP) is 1.47. The first-order valence-electron chi connectivity index (χ1n) is 4.80. The summed E-state index contributed by atoms with van der Waals surface area (Å²) in [4.78, 5) is 10.9. The van der Waals surface area contributed by atoms with Gasteiger partial charge in [-0.3, -0.25) is 4.68 Å².